The van der Waals surface area contributed by atoms with Crippen LogP contribution in [0.2, 0.25) is 0 Å². The lowest BCUT2D eigenvalue weighted by molar-refractivity contribution is -0.131. The first-order valence-corrected chi connectivity index (χ1v) is 6.23. The van der Waals surface area contributed by atoms with Crippen LogP contribution in [0.1, 0.15) is 25.7 Å². The highest BCUT2D eigenvalue weighted by atomic mass is 35.5. The number of hydrogen-bond donors (Lipinski definition) is 1. The number of hydrogen-bond acceptors (Lipinski definition) is 2. The van der Waals surface area contributed by atoms with Gasteiger partial charge in [-0.3, -0.25) is 9.59 Å². The van der Waals surface area contributed by atoms with Crippen LogP contribution in [-0.4, -0.2) is 42.7 Å². The van der Waals surface area contributed by atoms with Crippen LogP contribution in [0.4, 0.5) is 0 Å². The minimum atomic E-state index is -0.302. The van der Waals surface area contributed by atoms with Crippen molar-refractivity contribution in [1.82, 2.24) is 10.2 Å². The van der Waals surface area contributed by atoms with Gasteiger partial charge in [-0.05, 0) is 18.8 Å². The van der Waals surface area contributed by atoms with Crippen molar-refractivity contribution in [2.24, 2.45) is 5.92 Å². The number of rotatable bonds is 5. The molecule has 92 valence electrons. The predicted molar refractivity (Wildman–Crippen MR) is 63.3 cm³/mol. The SMILES string of the molecule is CN(CC1CCCC1)C(=O)CNC(=O)CCl. The molecule has 0 spiro atoms. The maximum absolute atomic E-state index is 11.6. The van der Waals surface area contributed by atoms with Crippen LogP contribution in [-0.2, 0) is 9.59 Å². The monoisotopic (exact) mass is 246 g/mol. The molecule has 0 radical (unpaired) electrons. The second-order valence-corrected chi connectivity index (χ2v) is 4.60. The molecule has 0 aromatic heterocycles. The summed E-state index contributed by atoms with van der Waals surface area (Å²) >= 11 is 5.32. The Morgan fingerprint density at radius 1 is 1.38 bits per heavy atom. The Morgan fingerprint density at radius 3 is 2.56 bits per heavy atom. The van der Waals surface area contributed by atoms with Gasteiger partial charge in [0.2, 0.25) is 11.8 Å². The number of carbonyl (C=O) groups is 2. The topological polar surface area (TPSA) is 49.4 Å². The van der Waals surface area contributed by atoms with Crippen LogP contribution in [0.25, 0.3) is 0 Å². The molecule has 1 saturated carbocycles. The second-order valence-electron chi connectivity index (χ2n) is 4.34. The molecular formula is C11H19ClN2O2. The summed E-state index contributed by atoms with van der Waals surface area (Å²) in [5.41, 5.74) is 0. The summed E-state index contributed by atoms with van der Waals surface area (Å²) in [6.45, 7) is 0.852. The molecule has 0 aliphatic heterocycles. The van der Waals surface area contributed by atoms with E-state index in [4.69, 9.17) is 11.6 Å². The van der Waals surface area contributed by atoms with Crippen LogP contribution in [0, 0.1) is 5.92 Å². The summed E-state index contributed by atoms with van der Waals surface area (Å²) in [6, 6.07) is 0. The Hall–Kier alpha value is -0.770. The Balaban J connectivity index is 2.21. The summed E-state index contributed by atoms with van der Waals surface area (Å²) in [7, 11) is 1.79. The number of likely N-dealkylation sites (N-methyl/N-ethyl adjacent to an activating group) is 1. The van der Waals surface area contributed by atoms with Gasteiger partial charge in [0.25, 0.3) is 0 Å². The fraction of sp³-hybridized carbons (Fsp3) is 0.818. The van der Waals surface area contributed by atoms with E-state index in [9.17, 15) is 9.59 Å². The first kappa shape index (κ1) is 13.3. The van der Waals surface area contributed by atoms with Gasteiger partial charge < -0.3 is 10.2 Å². The Bertz CT molecular complexity index is 252. The third-order valence-corrected chi connectivity index (χ3v) is 3.23. The fourth-order valence-corrected chi connectivity index (χ4v) is 2.13. The van der Waals surface area contributed by atoms with Gasteiger partial charge in [-0.2, -0.15) is 0 Å². The summed E-state index contributed by atoms with van der Waals surface area (Å²) in [4.78, 5) is 24.2. The second kappa shape index (κ2) is 6.74. The zero-order chi connectivity index (χ0) is 12.0. The Morgan fingerprint density at radius 2 is 2.00 bits per heavy atom. The molecule has 5 heteroatoms. The molecule has 4 nitrogen and oxygen atoms in total. The van der Waals surface area contributed by atoms with Gasteiger partial charge in [-0.15, -0.1) is 11.6 Å². The van der Waals surface area contributed by atoms with Crippen molar-refractivity contribution >= 4 is 23.4 Å². The lowest BCUT2D eigenvalue weighted by atomic mass is 10.1. The van der Waals surface area contributed by atoms with E-state index in [1.54, 1.807) is 11.9 Å². The quantitative estimate of drug-likeness (QED) is 0.736. The molecule has 0 heterocycles. The maximum atomic E-state index is 11.6. The molecule has 2 amide bonds. The zero-order valence-corrected chi connectivity index (χ0v) is 10.4. The summed E-state index contributed by atoms with van der Waals surface area (Å²) in [5, 5.41) is 2.48. The average molecular weight is 247 g/mol. The minimum absolute atomic E-state index is 0.0504. The predicted octanol–water partition coefficient (Wildman–Crippen LogP) is 0.990. The van der Waals surface area contributed by atoms with E-state index in [-0.39, 0.29) is 24.2 Å². The van der Waals surface area contributed by atoms with Gasteiger partial charge in [0, 0.05) is 13.6 Å². The molecule has 1 aliphatic rings. The van der Waals surface area contributed by atoms with E-state index in [1.807, 2.05) is 0 Å². The Labute approximate surface area is 101 Å². The van der Waals surface area contributed by atoms with Crippen LogP contribution >= 0.6 is 11.6 Å². The first-order valence-electron chi connectivity index (χ1n) is 5.70. The van der Waals surface area contributed by atoms with Gasteiger partial charge in [-0.1, -0.05) is 12.8 Å². The number of nitrogens with zero attached hydrogens (tertiary/aromatic N) is 1. The third kappa shape index (κ3) is 4.39. The molecule has 1 rings (SSSR count). The largest absolute Gasteiger partial charge is 0.346 e. The summed E-state index contributed by atoms with van der Waals surface area (Å²) in [5.74, 6) is 0.187. The molecular weight excluding hydrogens is 228 g/mol. The van der Waals surface area contributed by atoms with Crippen LogP contribution in [0.15, 0.2) is 0 Å². The van der Waals surface area contributed by atoms with Gasteiger partial charge in [-0.25, -0.2) is 0 Å². The highest BCUT2D eigenvalue weighted by Gasteiger charge is 2.19. The smallest absolute Gasteiger partial charge is 0.241 e. The van der Waals surface area contributed by atoms with Crippen LogP contribution in [0.3, 0.4) is 0 Å². The van der Waals surface area contributed by atoms with Crippen molar-refractivity contribution in [3.05, 3.63) is 0 Å². The number of carbonyl (C=O) groups excluding carboxylic acids is 2. The highest BCUT2D eigenvalue weighted by molar-refractivity contribution is 6.27. The molecule has 0 aromatic rings. The number of halogens is 1. The van der Waals surface area contributed by atoms with Gasteiger partial charge in [0.15, 0.2) is 0 Å². The molecule has 1 fully saturated rings. The normalized spacial score (nSPS) is 16.1. The summed E-state index contributed by atoms with van der Waals surface area (Å²) in [6.07, 6.45) is 4.97. The fourth-order valence-electron chi connectivity index (χ4n) is 2.04. The molecule has 0 atom stereocenters. The van der Waals surface area contributed by atoms with E-state index in [1.165, 1.54) is 25.7 Å². The van der Waals surface area contributed by atoms with Crippen molar-refractivity contribution in [2.45, 2.75) is 25.7 Å². The van der Waals surface area contributed by atoms with Gasteiger partial charge in [0.1, 0.15) is 5.88 Å². The van der Waals surface area contributed by atoms with Gasteiger partial charge >= 0.3 is 0 Å². The van der Waals surface area contributed by atoms with Crippen molar-refractivity contribution < 1.29 is 9.59 Å². The molecule has 16 heavy (non-hydrogen) atoms. The lowest BCUT2D eigenvalue weighted by Crippen LogP contribution is -2.40. The molecule has 0 aromatic carbocycles. The maximum Gasteiger partial charge on any atom is 0.241 e. The number of amides is 2. The van der Waals surface area contributed by atoms with Crippen molar-refractivity contribution in [3.63, 3.8) is 0 Å². The van der Waals surface area contributed by atoms with Crippen molar-refractivity contribution in [2.75, 3.05) is 26.0 Å². The number of nitrogens with one attached hydrogen (secondary N) is 1. The molecule has 0 unspecified atom stereocenters. The van der Waals surface area contributed by atoms with E-state index >= 15 is 0 Å². The molecule has 0 bridgehead atoms. The van der Waals surface area contributed by atoms with Crippen LogP contribution < -0.4 is 5.32 Å². The van der Waals surface area contributed by atoms with Crippen LogP contribution in [0.5, 0.6) is 0 Å². The van der Waals surface area contributed by atoms with E-state index < -0.39 is 0 Å². The van der Waals surface area contributed by atoms with E-state index in [0.717, 1.165) is 6.54 Å². The Kier molecular flexibility index (Phi) is 5.60. The first-order chi connectivity index (χ1) is 7.63. The third-order valence-electron chi connectivity index (χ3n) is 2.99. The molecule has 1 N–H and O–H groups in total. The standard InChI is InChI=1S/C11H19ClN2O2/c1-14(8-9-4-2-3-5-9)11(16)7-13-10(15)6-12/h9H,2-8H2,1H3,(H,13,15). The van der Waals surface area contributed by atoms with E-state index in [0.29, 0.717) is 5.92 Å². The molecule has 1 aliphatic carbocycles. The number of alkyl halides is 1. The highest BCUT2D eigenvalue weighted by Crippen LogP contribution is 2.24. The average Bonchev–Trinajstić information content (AvgIpc) is 2.77. The minimum Gasteiger partial charge on any atom is -0.346 e. The van der Waals surface area contributed by atoms with E-state index in [2.05, 4.69) is 5.32 Å². The zero-order valence-electron chi connectivity index (χ0n) is 9.67. The summed E-state index contributed by atoms with van der Waals surface area (Å²) < 4.78 is 0. The molecule has 0 saturated heterocycles. The van der Waals surface area contributed by atoms with Gasteiger partial charge in [0.05, 0.1) is 6.54 Å². The van der Waals surface area contributed by atoms with Crippen molar-refractivity contribution in [1.29, 1.82) is 0 Å². The lowest BCUT2D eigenvalue weighted by Gasteiger charge is -2.21. The van der Waals surface area contributed by atoms with Crippen molar-refractivity contribution in [3.8, 4) is 0 Å².